The predicted molar refractivity (Wildman–Crippen MR) is 181 cm³/mol. The number of allylic oxidation sites excluding steroid dienone is 1. The van der Waals surface area contributed by atoms with Gasteiger partial charge in [-0.1, -0.05) is 19.1 Å². The van der Waals surface area contributed by atoms with Crippen LogP contribution in [-0.2, 0) is 38.7 Å². The Labute approximate surface area is 303 Å². The molecule has 3 aromatic rings. The van der Waals surface area contributed by atoms with Crippen molar-refractivity contribution in [1.29, 1.82) is 0 Å². The second-order valence-corrected chi connectivity index (χ2v) is 13.3. The molecule has 0 radical (unpaired) electrons. The van der Waals surface area contributed by atoms with Crippen LogP contribution in [-0.4, -0.2) is 95.0 Å². The van der Waals surface area contributed by atoms with E-state index in [1.54, 1.807) is 43.3 Å². The maximum Gasteiger partial charge on any atom is 0.491 e. The monoisotopic (exact) mass is 739 g/mol. The van der Waals surface area contributed by atoms with E-state index in [1.807, 2.05) is 17.6 Å². The van der Waals surface area contributed by atoms with Gasteiger partial charge in [-0.3, -0.25) is 24.3 Å². The number of nitrogens with zero attached hydrogens (tertiary/aromatic N) is 5. The molecule has 2 aromatic carbocycles. The number of dihydropyridines is 1. The molecule has 3 aliphatic rings. The molecular formula is C37H40F3N5O8. The highest BCUT2D eigenvalue weighted by molar-refractivity contribution is 6.21. The minimum absolute atomic E-state index is 0.0484. The molecule has 1 saturated heterocycles. The van der Waals surface area contributed by atoms with E-state index in [2.05, 4.69) is 14.3 Å². The van der Waals surface area contributed by atoms with Gasteiger partial charge in [-0.25, -0.2) is 13.9 Å². The van der Waals surface area contributed by atoms with Crippen LogP contribution in [0, 0.1) is 5.92 Å². The standard InChI is InChI=1S/C37H40F3N5O8/c1-4-42(20-29-36(3,50)30(12-15-41-29)53-35(49)37(38,39)40)32(46)22-52-24-10-11-27-28(18-24)43(5-2)31(44(27)19-23-13-16-51-17-14-23)21-45-33(47)25-8-6-7-9-26(25)34(45)48/h6-12,15,18,23,29H,4-5,13-14,16-17,19-22H2,1-3H3. The second kappa shape index (κ2) is 15.1. The lowest BCUT2D eigenvalue weighted by molar-refractivity contribution is -0.687. The van der Waals surface area contributed by atoms with E-state index in [9.17, 15) is 37.5 Å². The summed E-state index contributed by atoms with van der Waals surface area (Å²) in [5.41, 5.74) is -0.00294. The Hall–Kier alpha value is -5.09. The van der Waals surface area contributed by atoms with Crippen LogP contribution < -0.4 is 14.4 Å². The lowest BCUT2D eigenvalue weighted by Gasteiger charge is -2.45. The topological polar surface area (TPSA) is 147 Å². The van der Waals surface area contributed by atoms with E-state index in [-0.39, 0.29) is 31.4 Å². The van der Waals surface area contributed by atoms with Gasteiger partial charge < -0.3 is 24.2 Å². The number of aromatic nitrogens is 2. The number of aryl methyl sites for hydroxylation is 1. The summed E-state index contributed by atoms with van der Waals surface area (Å²) in [6, 6.07) is 10.9. The largest absolute Gasteiger partial charge is 0.842 e. The van der Waals surface area contributed by atoms with Gasteiger partial charge in [0.05, 0.1) is 30.3 Å². The van der Waals surface area contributed by atoms with Gasteiger partial charge in [0.1, 0.15) is 18.1 Å². The highest BCUT2D eigenvalue weighted by Crippen LogP contribution is 2.30. The molecule has 16 heteroatoms. The van der Waals surface area contributed by atoms with Crippen molar-refractivity contribution in [2.75, 3.05) is 32.9 Å². The van der Waals surface area contributed by atoms with Crippen molar-refractivity contribution >= 4 is 40.9 Å². The fourth-order valence-electron chi connectivity index (χ4n) is 6.95. The molecule has 0 bridgehead atoms. The van der Waals surface area contributed by atoms with Crippen molar-refractivity contribution < 1.29 is 56.2 Å². The van der Waals surface area contributed by atoms with Gasteiger partial charge in [-0.05, 0) is 62.6 Å². The number of halogens is 3. The minimum atomic E-state index is -5.29. The van der Waals surface area contributed by atoms with Gasteiger partial charge in [0, 0.05) is 44.5 Å². The molecule has 0 saturated carbocycles. The summed E-state index contributed by atoms with van der Waals surface area (Å²) < 4.78 is 58.5. The van der Waals surface area contributed by atoms with Crippen molar-refractivity contribution in [3.63, 3.8) is 0 Å². The summed E-state index contributed by atoms with van der Waals surface area (Å²) in [6.07, 6.45) is -1.58. The number of benzene rings is 2. The third-order valence-corrected chi connectivity index (χ3v) is 9.97. The molecule has 2 atom stereocenters. The lowest BCUT2D eigenvalue weighted by atomic mass is 9.91. The third-order valence-electron chi connectivity index (χ3n) is 9.97. The minimum Gasteiger partial charge on any atom is -0.842 e. The van der Waals surface area contributed by atoms with E-state index in [0.717, 1.165) is 48.9 Å². The summed E-state index contributed by atoms with van der Waals surface area (Å²) in [7, 11) is 0. The molecule has 3 amide bonds. The predicted octanol–water partition coefficient (Wildman–Crippen LogP) is 2.96. The van der Waals surface area contributed by atoms with Crippen LogP contribution in [0.25, 0.3) is 11.0 Å². The van der Waals surface area contributed by atoms with E-state index in [0.29, 0.717) is 49.1 Å². The Morgan fingerprint density at radius 3 is 2.40 bits per heavy atom. The first-order chi connectivity index (χ1) is 25.2. The zero-order valence-electron chi connectivity index (χ0n) is 29.6. The molecule has 2 unspecified atom stereocenters. The number of imide groups is 1. The van der Waals surface area contributed by atoms with Gasteiger partial charge in [-0.2, -0.15) is 13.2 Å². The van der Waals surface area contributed by atoms with Crippen LogP contribution in [0.1, 0.15) is 60.2 Å². The fourth-order valence-corrected chi connectivity index (χ4v) is 6.95. The van der Waals surface area contributed by atoms with Crippen molar-refractivity contribution in [3.05, 3.63) is 71.3 Å². The zero-order valence-corrected chi connectivity index (χ0v) is 29.6. The smallest absolute Gasteiger partial charge is 0.491 e. The molecule has 282 valence electrons. The van der Waals surface area contributed by atoms with Crippen LogP contribution >= 0.6 is 0 Å². The number of fused-ring (bicyclic) bond motifs is 2. The molecule has 6 rings (SSSR count). The molecule has 13 nitrogen and oxygen atoms in total. The number of rotatable bonds is 12. The first kappa shape index (κ1) is 37.7. The van der Waals surface area contributed by atoms with Gasteiger partial charge in [0.25, 0.3) is 23.5 Å². The SMILES string of the molecule is CCN(CC1N=CC=C(OC(=O)C(F)(F)F)C1(C)[O-])C(=O)COc1ccc2c(c1)n(CC)c(CN1C(=O)c3ccccc3C1=O)[n+]2CC1CCOCC1. The number of ether oxygens (including phenoxy) is 3. The summed E-state index contributed by atoms with van der Waals surface area (Å²) >= 11 is 0. The van der Waals surface area contributed by atoms with Crippen molar-refractivity contribution in [1.82, 2.24) is 14.4 Å². The average Bonchev–Trinajstić information content (AvgIpc) is 3.56. The number of amides is 3. The summed E-state index contributed by atoms with van der Waals surface area (Å²) in [4.78, 5) is 58.2. The molecule has 3 aliphatic heterocycles. The van der Waals surface area contributed by atoms with E-state index in [1.165, 1.54) is 9.80 Å². The highest BCUT2D eigenvalue weighted by Gasteiger charge is 2.44. The number of carbonyl (C=O) groups excluding carboxylic acids is 4. The first-order valence-electron chi connectivity index (χ1n) is 17.5. The number of imidazole rings is 1. The van der Waals surface area contributed by atoms with Crippen molar-refractivity contribution in [2.24, 2.45) is 10.9 Å². The first-order valence-corrected chi connectivity index (χ1v) is 17.5. The lowest BCUT2D eigenvalue weighted by Crippen LogP contribution is -2.58. The van der Waals surface area contributed by atoms with Crippen LogP contribution in [0.5, 0.6) is 5.75 Å². The number of carbonyl (C=O) groups is 4. The van der Waals surface area contributed by atoms with Crippen LogP contribution in [0.15, 0.2) is 59.3 Å². The van der Waals surface area contributed by atoms with Crippen LogP contribution in [0.4, 0.5) is 13.2 Å². The number of alkyl halides is 3. The Kier molecular flexibility index (Phi) is 10.7. The van der Waals surface area contributed by atoms with Gasteiger partial charge >= 0.3 is 12.1 Å². The molecule has 1 fully saturated rings. The summed E-state index contributed by atoms with van der Waals surface area (Å²) in [5.74, 6) is -3.04. The highest BCUT2D eigenvalue weighted by atomic mass is 19.4. The van der Waals surface area contributed by atoms with Crippen molar-refractivity contribution in [2.45, 2.75) is 71.1 Å². The van der Waals surface area contributed by atoms with Gasteiger partial charge in [0.2, 0.25) is 0 Å². The van der Waals surface area contributed by atoms with Crippen LogP contribution in [0.2, 0.25) is 0 Å². The molecule has 0 aliphatic carbocycles. The van der Waals surface area contributed by atoms with Gasteiger partial charge in [-0.15, -0.1) is 0 Å². The Balaban J connectivity index is 1.21. The summed E-state index contributed by atoms with van der Waals surface area (Å²) in [6.45, 7) is 6.62. The molecule has 1 aromatic heterocycles. The Morgan fingerprint density at radius 1 is 1.09 bits per heavy atom. The van der Waals surface area contributed by atoms with E-state index in [4.69, 9.17) is 9.47 Å². The number of hydrogen-bond donors (Lipinski definition) is 0. The fraction of sp³-hybridized carbons (Fsp3) is 0.459. The number of aliphatic imine (C=N–C) groups is 1. The van der Waals surface area contributed by atoms with E-state index < -0.39 is 42.1 Å². The molecular weight excluding hydrogens is 699 g/mol. The molecule has 53 heavy (non-hydrogen) atoms. The van der Waals surface area contributed by atoms with Gasteiger partial charge in [0.15, 0.2) is 17.6 Å². The Morgan fingerprint density at radius 2 is 1.77 bits per heavy atom. The normalized spacial score (nSPS) is 20.5. The number of hydrogen-bond acceptors (Lipinski definition) is 9. The van der Waals surface area contributed by atoms with Crippen molar-refractivity contribution in [3.8, 4) is 5.75 Å². The maximum absolute atomic E-state index is 13.4. The van der Waals surface area contributed by atoms with E-state index >= 15 is 0 Å². The second-order valence-electron chi connectivity index (χ2n) is 13.3. The molecule has 4 heterocycles. The maximum atomic E-state index is 13.4. The summed E-state index contributed by atoms with van der Waals surface area (Å²) in [5, 5.41) is 13.4. The molecule has 0 spiro atoms. The quantitative estimate of drug-likeness (QED) is 0.157. The zero-order chi connectivity index (χ0) is 38.1. The molecule has 0 N–H and O–H groups in total. The number of esters is 1. The third kappa shape index (κ3) is 7.55. The van der Waals surface area contributed by atoms with Crippen LogP contribution in [0.3, 0.4) is 0 Å². The average molecular weight is 740 g/mol. The Bertz CT molecular complexity index is 1950. The number of likely N-dealkylation sites (N-methyl/N-ethyl adjacent to an activating group) is 1.